The molecule has 0 aliphatic heterocycles. The van der Waals surface area contributed by atoms with E-state index in [1.165, 1.54) is 4.31 Å². The van der Waals surface area contributed by atoms with Gasteiger partial charge in [0.05, 0.1) is 11.9 Å². The van der Waals surface area contributed by atoms with Gasteiger partial charge in [0.1, 0.15) is 6.04 Å². The van der Waals surface area contributed by atoms with Crippen LogP contribution < -0.4 is 9.62 Å². The average Bonchev–Trinajstić information content (AvgIpc) is 2.79. The highest BCUT2D eigenvalue weighted by Crippen LogP contribution is 2.23. The SMILES string of the molecule is CCCNC(=O)C(CC)N(Cc1cccc(C)c1)C(=O)CCCN(c1cccc(Cl)c1)S(C)(=O)=O. The Bertz CT molecular complexity index is 1110. The molecule has 1 N–H and O–H groups in total. The molecule has 2 aromatic carbocycles. The number of amides is 2. The number of benzene rings is 2. The van der Waals surface area contributed by atoms with Crippen LogP contribution in [0.4, 0.5) is 5.69 Å². The van der Waals surface area contributed by atoms with E-state index in [1.807, 2.05) is 45.0 Å². The largest absolute Gasteiger partial charge is 0.354 e. The van der Waals surface area contributed by atoms with Crippen LogP contribution in [0, 0.1) is 6.92 Å². The predicted molar refractivity (Wildman–Crippen MR) is 142 cm³/mol. The van der Waals surface area contributed by atoms with Gasteiger partial charge in [0.25, 0.3) is 0 Å². The maximum atomic E-state index is 13.4. The van der Waals surface area contributed by atoms with Gasteiger partial charge in [-0.1, -0.05) is 61.3 Å². The van der Waals surface area contributed by atoms with E-state index >= 15 is 0 Å². The molecule has 0 saturated carbocycles. The summed E-state index contributed by atoms with van der Waals surface area (Å²) < 4.78 is 26.1. The van der Waals surface area contributed by atoms with Crippen LogP contribution in [0.15, 0.2) is 48.5 Å². The van der Waals surface area contributed by atoms with Crippen molar-refractivity contribution in [3.05, 3.63) is 64.7 Å². The first kappa shape index (κ1) is 28.7. The number of hydrogen-bond donors (Lipinski definition) is 1. The topological polar surface area (TPSA) is 86.8 Å². The van der Waals surface area contributed by atoms with E-state index in [2.05, 4.69) is 5.32 Å². The molecule has 1 atom stereocenters. The maximum Gasteiger partial charge on any atom is 0.242 e. The van der Waals surface area contributed by atoms with Gasteiger partial charge in [0.15, 0.2) is 0 Å². The predicted octanol–water partition coefficient (Wildman–Crippen LogP) is 4.53. The molecule has 0 fully saturated rings. The molecule has 0 radical (unpaired) electrons. The van der Waals surface area contributed by atoms with E-state index in [4.69, 9.17) is 11.6 Å². The standard InChI is InChI=1S/C26H36ClN3O4S/c1-5-15-28-26(32)24(6-2)29(19-21-11-7-10-20(3)17-21)25(31)14-9-16-30(35(4,33)34)23-13-8-12-22(27)18-23/h7-8,10-13,17-18,24H,5-6,9,14-16,19H2,1-4H3,(H,28,32). The number of nitrogens with one attached hydrogen (secondary N) is 1. The minimum atomic E-state index is -3.57. The summed E-state index contributed by atoms with van der Waals surface area (Å²) in [5, 5.41) is 3.33. The Morgan fingerprint density at radius 3 is 2.40 bits per heavy atom. The van der Waals surface area contributed by atoms with Crippen molar-refractivity contribution in [3.63, 3.8) is 0 Å². The Hall–Kier alpha value is -2.58. The molecule has 0 heterocycles. The fourth-order valence-corrected chi connectivity index (χ4v) is 5.07. The van der Waals surface area contributed by atoms with Crippen molar-refractivity contribution in [2.24, 2.45) is 0 Å². The molecule has 0 spiro atoms. The third-order valence-electron chi connectivity index (χ3n) is 5.62. The molecule has 0 aromatic heterocycles. The molecule has 35 heavy (non-hydrogen) atoms. The summed E-state index contributed by atoms with van der Waals surface area (Å²) in [6.45, 7) is 6.83. The first-order valence-corrected chi connectivity index (χ1v) is 14.2. The molecular formula is C26H36ClN3O4S. The van der Waals surface area contributed by atoms with E-state index in [1.54, 1.807) is 29.2 Å². The molecule has 0 bridgehead atoms. The first-order chi connectivity index (χ1) is 16.6. The van der Waals surface area contributed by atoms with Crippen LogP contribution >= 0.6 is 11.6 Å². The molecule has 0 aliphatic rings. The summed E-state index contributed by atoms with van der Waals surface area (Å²) in [5.74, 6) is -0.364. The van der Waals surface area contributed by atoms with Crippen molar-refractivity contribution in [2.75, 3.05) is 23.7 Å². The van der Waals surface area contributed by atoms with Crippen LogP contribution in [-0.2, 0) is 26.2 Å². The van der Waals surface area contributed by atoms with Gasteiger partial charge in [-0.3, -0.25) is 13.9 Å². The van der Waals surface area contributed by atoms with Crippen molar-refractivity contribution in [1.29, 1.82) is 0 Å². The van der Waals surface area contributed by atoms with Crippen LogP contribution in [0.3, 0.4) is 0 Å². The smallest absolute Gasteiger partial charge is 0.242 e. The minimum Gasteiger partial charge on any atom is -0.354 e. The summed E-state index contributed by atoms with van der Waals surface area (Å²) in [4.78, 5) is 27.9. The minimum absolute atomic E-state index is 0.107. The zero-order chi connectivity index (χ0) is 26.0. The zero-order valence-corrected chi connectivity index (χ0v) is 22.5. The zero-order valence-electron chi connectivity index (χ0n) is 21.0. The van der Waals surface area contributed by atoms with E-state index < -0.39 is 16.1 Å². The Labute approximate surface area is 214 Å². The highest BCUT2D eigenvalue weighted by molar-refractivity contribution is 7.92. The summed E-state index contributed by atoms with van der Waals surface area (Å²) in [6, 6.07) is 13.9. The molecule has 0 aliphatic carbocycles. The van der Waals surface area contributed by atoms with Crippen molar-refractivity contribution in [2.45, 2.75) is 59.0 Å². The number of aryl methyl sites for hydroxylation is 1. The van der Waals surface area contributed by atoms with E-state index in [-0.39, 0.29) is 24.8 Å². The van der Waals surface area contributed by atoms with Crippen molar-refractivity contribution >= 4 is 39.1 Å². The highest BCUT2D eigenvalue weighted by Gasteiger charge is 2.28. The lowest BCUT2D eigenvalue weighted by atomic mass is 10.1. The number of sulfonamides is 1. The molecular weight excluding hydrogens is 486 g/mol. The number of carbonyl (C=O) groups is 2. The summed E-state index contributed by atoms with van der Waals surface area (Å²) in [7, 11) is -3.57. The van der Waals surface area contributed by atoms with E-state index in [0.29, 0.717) is 36.6 Å². The Morgan fingerprint density at radius 2 is 1.80 bits per heavy atom. The third-order valence-corrected chi connectivity index (χ3v) is 7.05. The first-order valence-electron chi connectivity index (χ1n) is 11.9. The molecule has 1 unspecified atom stereocenters. The van der Waals surface area contributed by atoms with Gasteiger partial charge in [-0.05, 0) is 49.9 Å². The van der Waals surface area contributed by atoms with Crippen LogP contribution in [-0.4, -0.2) is 50.5 Å². The Morgan fingerprint density at radius 1 is 1.09 bits per heavy atom. The number of anilines is 1. The Balaban J connectivity index is 2.20. The molecule has 0 saturated heterocycles. The summed E-state index contributed by atoms with van der Waals surface area (Å²) >= 11 is 6.05. The fraction of sp³-hybridized carbons (Fsp3) is 0.462. The second-order valence-corrected chi connectivity index (χ2v) is 11.0. The van der Waals surface area contributed by atoms with Gasteiger partial charge in [0, 0.05) is 31.1 Å². The fourth-order valence-electron chi connectivity index (χ4n) is 3.93. The van der Waals surface area contributed by atoms with Crippen LogP contribution in [0.25, 0.3) is 0 Å². The van der Waals surface area contributed by atoms with Crippen molar-refractivity contribution in [1.82, 2.24) is 10.2 Å². The lowest BCUT2D eigenvalue weighted by Crippen LogP contribution is -2.49. The normalized spacial score (nSPS) is 12.1. The monoisotopic (exact) mass is 521 g/mol. The molecule has 2 aromatic rings. The average molecular weight is 522 g/mol. The number of halogens is 1. The third kappa shape index (κ3) is 8.85. The van der Waals surface area contributed by atoms with Gasteiger partial charge in [0.2, 0.25) is 21.8 Å². The number of rotatable bonds is 13. The van der Waals surface area contributed by atoms with Gasteiger partial charge in [-0.15, -0.1) is 0 Å². The maximum absolute atomic E-state index is 13.4. The molecule has 2 amide bonds. The van der Waals surface area contributed by atoms with E-state index in [9.17, 15) is 18.0 Å². The quantitative estimate of drug-likeness (QED) is 0.419. The second-order valence-electron chi connectivity index (χ2n) is 8.64. The summed E-state index contributed by atoms with van der Waals surface area (Å²) in [5.41, 5.74) is 2.47. The van der Waals surface area contributed by atoms with Gasteiger partial charge < -0.3 is 10.2 Å². The second kappa shape index (κ2) is 13.5. The molecule has 2 rings (SSSR count). The number of hydrogen-bond acceptors (Lipinski definition) is 4. The highest BCUT2D eigenvalue weighted by atomic mass is 35.5. The lowest BCUT2D eigenvalue weighted by molar-refractivity contribution is -0.141. The van der Waals surface area contributed by atoms with Crippen LogP contribution in [0.5, 0.6) is 0 Å². The van der Waals surface area contributed by atoms with E-state index in [0.717, 1.165) is 23.8 Å². The molecule has 9 heteroatoms. The Kier molecular flexibility index (Phi) is 11.0. The van der Waals surface area contributed by atoms with Crippen LogP contribution in [0.2, 0.25) is 5.02 Å². The van der Waals surface area contributed by atoms with Crippen molar-refractivity contribution in [3.8, 4) is 0 Å². The molecule has 192 valence electrons. The van der Waals surface area contributed by atoms with Gasteiger partial charge in [-0.25, -0.2) is 8.42 Å². The van der Waals surface area contributed by atoms with Crippen molar-refractivity contribution < 1.29 is 18.0 Å². The van der Waals surface area contributed by atoms with Gasteiger partial charge >= 0.3 is 0 Å². The van der Waals surface area contributed by atoms with Crippen LogP contribution in [0.1, 0.15) is 50.7 Å². The summed E-state index contributed by atoms with van der Waals surface area (Å²) in [6.07, 6.45) is 2.82. The molecule has 7 nitrogen and oxygen atoms in total. The number of nitrogens with zero attached hydrogens (tertiary/aromatic N) is 2. The van der Waals surface area contributed by atoms with Gasteiger partial charge in [-0.2, -0.15) is 0 Å². The number of carbonyl (C=O) groups excluding carboxylic acids is 2. The lowest BCUT2D eigenvalue weighted by Gasteiger charge is -2.31.